The zero-order valence-electron chi connectivity index (χ0n) is 9.42. The van der Waals surface area contributed by atoms with Gasteiger partial charge in [0.05, 0.1) is 11.0 Å². The van der Waals surface area contributed by atoms with E-state index in [1.807, 2.05) is 6.92 Å². The van der Waals surface area contributed by atoms with Crippen molar-refractivity contribution < 1.29 is 13.5 Å². The van der Waals surface area contributed by atoms with Crippen molar-refractivity contribution in [1.82, 2.24) is 0 Å². The zero-order valence-corrected chi connectivity index (χ0v) is 10.2. The summed E-state index contributed by atoms with van der Waals surface area (Å²) >= 11 is 0. The minimum Gasteiger partial charge on any atom is -0.389 e. The predicted octanol–water partition coefficient (Wildman–Crippen LogP) is 2.05. The second-order valence-electron chi connectivity index (χ2n) is 3.66. The van der Waals surface area contributed by atoms with Crippen LogP contribution in [0.15, 0.2) is 40.6 Å². The van der Waals surface area contributed by atoms with Crippen LogP contribution < -0.4 is 0 Å². The largest absolute Gasteiger partial charge is 0.389 e. The van der Waals surface area contributed by atoms with Crippen LogP contribution in [-0.2, 0) is 9.84 Å². The summed E-state index contributed by atoms with van der Waals surface area (Å²) in [5.41, 5.74) is 1.01. The summed E-state index contributed by atoms with van der Waals surface area (Å²) < 4.78 is 23.5. The summed E-state index contributed by atoms with van der Waals surface area (Å²) in [5, 5.41) is 10.3. The summed E-state index contributed by atoms with van der Waals surface area (Å²) in [6.07, 6.45) is 1.09. The lowest BCUT2D eigenvalue weighted by Crippen LogP contribution is -2.02. The molecule has 88 valence electrons. The third kappa shape index (κ3) is 3.47. The number of hydrogen-bond donors (Lipinski definition) is 1. The van der Waals surface area contributed by atoms with Crippen LogP contribution in [0, 0.1) is 6.92 Å². The molecule has 4 heteroatoms. The van der Waals surface area contributed by atoms with Gasteiger partial charge < -0.3 is 5.11 Å². The fourth-order valence-electron chi connectivity index (χ4n) is 1.14. The Balaban J connectivity index is 2.94. The Hall–Kier alpha value is -1.13. The van der Waals surface area contributed by atoms with Gasteiger partial charge >= 0.3 is 0 Å². The molecule has 1 N–H and O–H groups in total. The van der Waals surface area contributed by atoms with Crippen LogP contribution in [0.3, 0.4) is 0 Å². The second-order valence-corrected chi connectivity index (χ2v) is 5.50. The van der Waals surface area contributed by atoms with Gasteiger partial charge in [-0.05, 0) is 31.6 Å². The Morgan fingerprint density at radius 2 is 1.88 bits per heavy atom. The summed E-state index contributed by atoms with van der Waals surface area (Å²) in [6.45, 7) is 3.68. The summed E-state index contributed by atoms with van der Waals surface area (Å²) in [4.78, 5) is 0.248. The molecule has 0 heterocycles. The molecule has 3 nitrogen and oxygen atoms in total. The van der Waals surface area contributed by atoms with Gasteiger partial charge in [0.25, 0.3) is 0 Å². The van der Waals surface area contributed by atoms with E-state index in [1.165, 1.54) is 6.08 Å². The van der Waals surface area contributed by atoms with Gasteiger partial charge in [-0.15, -0.1) is 0 Å². The molecular weight excluding hydrogens is 224 g/mol. The Bertz CT molecular complexity index is 458. The van der Waals surface area contributed by atoms with Crippen molar-refractivity contribution >= 4 is 9.84 Å². The number of aliphatic hydroxyl groups is 1. The maximum Gasteiger partial charge on any atom is 0.199 e. The van der Waals surface area contributed by atoms with Gasteiger partial charge in [-0.3, -0.25) is 0 Å². The van der Waals surface area contributed by atoms with E-state index >= 15 is 0 Å². The second kappa shape index (κ2) is 5.27. The summed E-state index contributed by atoms with van der Waals surface area (Å²) in [5.74, 6) is 0. The SMILES string of the molecule is CCC(O)/C=C/S(=O)(=O)c1ccc(C)cc1. The third-order valence-corrected chi connectivity index (χ3v) is 3.69. The van der Waals surface area contributed by atoms with E-state index in [1.54, 1.807) is 31.2 Å². The molecule has 0 radical (unpaired) electrons. The highest BCUT2D eigenvalue weighted by Crippen LogP contribution is 2.13. The van der Waals surface area contributed by atoms with Crippen molar-refractivity contribution in [3.05, 3.63) is 41.3 Å². The third-order valence-electron chi connectivity index (χ3n) is 2.25. The van der Waals surface area contributed by atoms with E-state index in [4.69, 9.17) is 0 Å². The normalized spacial score (nSPS) is 14.2. The van der Waals surface area contributed by atoms with Gasteiger partial charge in [-0.2, -0.15) is 0 Å². The molecule has 0 aliphatic rings. The van der Waals surface area contributed by atoms with Gasteiger partial charge in [0.15, 0.2) is 9.84 Å². The smallest absolute Gasteiger partial charge is 0.199 e. The molecule has 0 amide bonds. The van der Waals surface area contributed by atoms with Gasteiger partial charge in [0.1, 0.15) is 0 Å². The van der Waals surface area contributed by atoms with Crippen molar-refractivity contribution in [3.8, 4) is 0 Å². The van der Waals surface area contributed by atoms with Gasteiger partial charge in [0, 0.05) is 5.41 Å². The topological polar surface area (TPSA) is 54.4 Å². The minimum absolute atomic E-state index is 0.248. The minimum atomic E-state index is -3.42. The van der Waals surface area contributed by atoms with E-state index in [2.05, 4.69) is 0 Å². The first-order valence-electron chi connectivity index (χ1n) is 5.13. The number of rotatable bonds is 4. The molecule has 0 aliphatic carbocycles. The standard InChI is InChI=1S/C12H16O3S/c1-3-11(13)8-9-16(14,15)12-6-4-10(2)5-7-12/h4-9,11,13H,3H2,1-2H3/b9-8+. The number of aryl methyl sites for hydroxylation is 1. The van der Waals surface area contributed by atoms with E-state index < -0.39 is 15.9 Å². The Kier molecular flexibility index (Phi) is 4.26. The number of aliphatic hydroxyl groups excluding tert-OH is 1. The molecule has 16 heavy (non-hydrogen) atoms. The first kappa shape index (κ1) is 12.9. The lowest BCUT2D eigenvalue weighted by Gasteiger charge is -2.01. The van der Waals surface area contributed by atoms with E-state index in [0.717, 1.165) is 11.0 Å². The van der Waals surface area contributed by atoms with Crippen LogP contribution in [0.5, 0.6) is 0 Å². The number of hydrogen-bond acceptors (Lipinski definition) is 3. The molecule has 0 aliphatic heterocycles. The molecule has 0 saturated heterocycles. The van der Waals surface area contributed by atoms with Crippen LogP contribution in [0.1, 0.15) is 18.9 Å². The summed E-state index contributed by atoms with van der Waals surface area (Å²) in [6, 6.07) is 6.62. The highest BCUT2D eigenvalue weighted by atomic mass is 32.2. The number of sulfone groups is 1. The average molecular weight is 240 g/mol. The molecule has 1 atom stereocenters. The van der Waals surface area contributed by atoms with E-state index in [-0.39, 0.29) is 4.90 Å². The summed E-state index contributed by atoms with van der Waals surface area (Å²) in [7, 11) is -3.42. The Morgan fingerprint density at radius 1 is 1.31 bits per heavy atom. The maximum atomic E-state index is 11.8. The fraction of sp³-hybridized carbons (Fsp3) is 0.333. The van der Waals surface area contributed by atoms with Gasteiger partial charge in [-0.1, -0.05) is 24.6 Å². The highest BCUT2D eigenvalue weighted by molar-refractivity contribution is 7.94. The molecule has 0 fully saturated rings. The molecule has 1 rings (SSSR count). The molecule has 0 spiro atoms. The van der Waals surface area contributed by atoms with Gasteiger partial charge in [0.2, 0.25) is 0 Å². The lowest BCUT2D eigenvalue weighted by atomic mass is 10.2. The van der Waals surface area contributed by atoms with Crippen LogP contribution in [0.25, 0.3) is 0 Å². The van der Waals surface area contributed by atoms with Crippen LogP contribution in [0.2, 0.25) is 0 Å². The van der Waals surface area contributed by atoms with Crippen molar-refractivity contribution in [1.29, 1.82) is 0 Å². The average Bonchev–Trinajstić information content (AvgIpc) is 2.26. The molecule has 1 aromatic rings. The Morgan fingerprint density at radius 3 is 2.38 bits per heavy atom. The Labute approximate surface area is 96.4 Å². The first-order chi connectivity index (χ1) is 7.45. The number of benzene rings is 1. The van der Waals surface area contributed by atoms with Crippen LogP contribution >= 0.6 is 0 Å². The molecule has 0 bridgehead atoms. The quantitative estimate of drug-likeness (QED) is 0.876. The van der Waals surface area contributed by atoms with Crippen molar-refractivity contribution in [2.24, 2.45) is 0 Å². The molecule has 0 saturated carbocycles. The molecule has 1 unspecified atom stereocenters. The van der Waals surface area contributed by atoms with Crippen molar-refractivity contribution in [3.63, 3.8) is 0 Å². The molecular formula is C12H16O3S. The predicted molar refractivity (Wildman–Crippen MR) is 63.8 cm³/mol. The van der Waals surface area contributed by atoms with E-state index in [9.17, 15) is 13.5 Å². The van der Waals surface area contributed by atoms with Gasteiger partial charge in [-0.25, -0.2) is 8.42 Å². The first-order valence-corrected chi connectivity index (χ1v) is 6.68. The fourth-order valence-corrected chi connectivity index (χ4v) is 2.20. The zero-order chi connectivity index (χ0) is 12.2. The lowest BCUT2D eigenvalue weighted by molar-refractivity contribution is 0.219. The van der Waals surface area contributed by atoms with Crippen LogP contribution in [0.4, 0.5) is 0 Å². The highest BCUT2D eigenvalue weighted by Gasteiger charge is 2.09. The monoisotopic (exact) mass is 240 g/mol. The molecule has 0 aromatic heterocycles. The van der Waals surface area contributed by atoms with Crippen LogP contribution in [-0.4, -0.2) is 19.6 Å². The molecule has 1 aromatic carbocycles. The van der Waals surface area contributed by atoms with E-state index in [0.29, 0.717) is 6.42 Å². The van der Waals surface area contributed by atoms with Crippen molar-refractivity contribution in [2.75, 3.05) is 0 Å². The van der Waals surface area contributed by atoms with Crippen molar-refractivity contribution in [2.45, 2.75) is 31.3 Å². The maximum absolute atomic E-state index is 11.8.